The Kier molecular flexibility index (Phi) is 7.45. The van der Waals surface area contributed by atoms with E-state index < -0.39 is 5.41 Å². The van der Waals surface area contributed by atoms with Crippen LogP contribution in [0.25, 0.3) is 43.8 Å². The Balaban J connectivity index is 1.16. The first kappa shape index (κ1) is 33.4. The van der Waals surface area contributed by atoms with Crippen LogP contribution >= 0.6 is 0 Å². The van der Waals surface area contributed by atoms with Crippen molar-refractivity contribution in [2.45, 2.75) is 42.9 Å². The van der Waals surface area contributed by atoms with Gasteiger partial charge < -0.3 is 4.90 Å². The number of hydrogen-bond acceptors (Lipinski definition) is 1. The number of fused-ring (bicyclic) bond motifs is 11. The van der Waals surface area contributed by atoms with Crippen molar-refractivity contribution >= 4 is 38.6 Å². The van der Waals surface area contributed by atoms with E-state index in [1.165, 1.54) is 126 Å². The first-order valence-corrected chi connectivity index (χ1v) is 21.1. The number of rotatable bonds is 5. The Morgan fingerprint density at radius 3 is 1.74 bits per heavy atom. The van der Waals surface area contributed by atoms with Crippen molar-refractivity contribution in [1.82, 2.24) is 0 Å². The van der Waals surface area contributed by atoms with Crippen LogP contribution in [0.3, 0.4) is 0 Å². The lowest BCUT2D eigenvalue weighted by molar-refractivity contribution is 0.353. The van der Waals surface area contributed by atoms with Gasteiger partial charge in [0.1, 0.15) is 0 Å². The summed E-state index contributed by atoms with van der Waals surface area (Å²) in [6.45, 7) is 0. The summed E-state index contributed by atoms with van der Waals surface area (Å²) in [7, 11) is 0. The maximum atomic E-state index is 2.58. The minimum Gasteiger partial charge on any atom is -0.310 e. The lowest BCUT2D eigenvalue weighted by atomic mass is 9.67. The van der Waals surface area contributed by atoms with Gasteiger partial charge in [-0.05, 0) is 115 Å². The lowest BCUT2D eigenvalue weighted by Gasteiger charge is -2.36. The van der Waals surface area contributed by atoms with Gasteiger partial charge >= 0.3 is 0 Å². The molecule has 276 valence electrons. The summed E-state index contributed by atoms with van der Waals surface area (Å²) in [5, 5.41) is 5.08. The number of nitrogens with zero attached hydrogens (tertiary/aromatic N) is 1. The predicted molar refractivity (Wildman–Crippen MR) is 243 cm³/mol. The SMILES string of the molecule is c1ccc(C2(c3ccccc3)c3ccccc3-c3ccc(N(c4ccc5c(ccc6ccccc65)c4)c4cccc5c4-c4ccccc4C54CCCCC4)cc32)cc1. The predicted octanol–water partition coefficient (Wildman–Crippen LogP) is 15.1. The molecule has 9 aromatic carbocycles. The monoisotopic (exact) mass is 741 g/mol. The molecule has 1 fully saturated rings. The van der Waals surface area contributed by atoms with Gasteiger partial charge in [0.05, 0.1) is 11.1 Å². The molecule has 1 nitrogen and oxygen atoms in total. The van der Waals surface area contributed by atoms with Crippen LogP contribution in [-0.4, -0.2) is 0 Å². The van der Waals surface area contributed by atoms with Crippen molar-refractivity contribution < 1.29 is 0 Å². The Hall–Kier alpha value is -6.70. The largest absolute Gasteiger partial charge is 0.310 e. The molecular weight excluding hydrogens is 699 g/mol. The molecule has 1 spiro atoms. The molecule has 1 heteroatoms. The van der Waals surface area contributed by atoms with E-state index in [2.05, 4.69) is 205 Å². The third-order valence-electron chi connectivity index (χ3n) is 13.9. The van der Waals surface area contributed by atoms with E-state index in [1.54, 1.807) is 0 Å². The summed E-state index contributed by atoms with van der Waals surface area (Å²) in [6.07, 6.45) is 6.27. The second-order valence-corrected chi connectivity index (χ2v) is 16.7. The van der Waals surface area contributed by atoms with E-state index in [-0.39, 0.29) is 5.41 Å². The summed E-state index contributed by atoms with van der Waals surface area (Å²) >= 11 is 0. The van der Waals surface area contributed by atoms with E-state index in [1.807, 2.05) is 0 Å². The Morgan fingerprint density at radius 2 is 0.948 bits per heavy atom. The molecule has 0 amide bonds. The van der Waals surface area contributed by atoms with Crippen LogP contribution in [0.4, 0.5) is 17.1 Å². The molecule has 3 aliphatic carbocycles. The highest BCUT2D eigenvalue weighted by Gasteiger charge is 2.47. The lowest BCUT2D eigenvalue weighted by Crippen LogP contribution is -2.28. The normalized spacial score (nSPS) is 15.5. The van der Waals surface area contributed by atoms with E-state index in [4.69, 9.17) is 0 Å². The molecule has 0 radical (unpaired) electrons. The van der Waals surface area contributed by atoms with Gasteiger partial charge in [-0.25, -0.2) is 0 Å². The molecule has 0 heterocycles. The van der Waals surface area contributed by atoms with Crippen molar-refractivity contribution in [3.8, 4) is 22.3 Å². The van der Waals surface area contributed by atoms with E-state index in [0.717, 1.165) is 0 Å². The van der Waals surface area contributed by atoms with Crippen LogP contribution < -0.4 is 4.90 Å². The first-order chi connectivity index (χ1) is 28.8. The molecule has 0 bridgehead atoms. The minimum absolute atomic E-state index is 0.0590. The topological polar surface area (TPSA) is 3.24 Å². The fraction of sp³-hybridized carbons (Fsp3) is 0.123. The molecule has 0 unspecified atom stereocenters. The van der Waals surface area contributed by atoms with Gasteiger partial charge in [0.25, 0.3) is 0 Å². The van der Waals surface area contributed by atoms with Crippen molar-refractivity contribution in [2.75, 3.05) is 4.90 Å². The van der Waals surface area contributed by atoms with Crippen molar-refractivity contribution in [3.05, 3.63) is 234 Å². The average Bonchev–Trinajstić information content (AvgIpc) is 3.74. The molecule has 12 rings (SSSR count). The smallest absolute Gasteiger partial charge is 0.0714 e. The van der Waals surface area contributed by atoms with Gasteiger partial charge in [-0.1, -0.05) is 189 Å². The molecule has 9 aromatic rings. The zero-order chi connectivity index (χ0) is 38.3. The summed E-state index contributed by atoms with van der Waals surface area (Å²) < 4.78 is 0. The van der Waals surface area contributed by atoms with Crippen LogP contribution in [0.15, 0.2) is 200 Å². The second kappa shape index (κ2) is 12.9. The molecule has 3 aliphatic rings. The maximum absolute atomic E-state index is 2.58. The average molecular weight is 742 g/mol. The first-order valence-electron chi connectivity index (χ1n) is 21.1. The second-order valence-electron chi connectivity index (χ2n) is 16.7. The Labute approximate surface area is 340 Å². The molecule has 0 saturated heterocycles. The number of anilines is 3. The van der Waals surface area contributed by atoms with Crippen LogP contribution in [-0.2, 0) is 10.8 Å². The van der Waals surface area contributed by atoms with Gasteiger partial charge in [0.15, 0.2) is 0 Å². The minimum atomic E-state index is -0.490. The standard InChI is InChI=1S/C57H43N/c1-4-18-41(19-5-1)57(42-20-6-2-7-21-42)51-26-13-10-23-47(51)48-34-32-44(38-53(48)57)58(43-31-33-46-40(37-43)30-29-39-17-8-9-22-45(39)46)54-28-16-27-52-55(54)49-24-11-12-25-50(49)56(52)35-14-3-15-36-56/h1-2,4-13,16-34,37-38H,3,14-15,35-36H2. The number of hydrogen-bond donors (Lipinski definition) is 0. The molecule has 0 aromatic heterocycles. The van der Waals surface area contributed by atoms with Gasteiger partial charge in [0.2, 0.25) is 0 Å². The van der Waals surface area contributed by atoms with E-state index >= 15 is 0 Å². The van der Waals surface area contributed by atoms with Gasteiger partial charge in [-0.3, -0.25) is 0 Å². The molecule has 1 saturated carbocycles. The maximum Gasteiger partial charge on any atom is 0.0714 e. The Morgan fingerprint density at radius 1 is 0.362 bits per heavy atom. The van der Waals surface area contributed by atoms with Crippen LogP contribution in [0.1, 0.15) is 65.5 Å². The molecule has 0 N–H and O–H groups in total. The zero-order valence-corrected chi connectivity index (χ0v) is 32.5. The summed E-state index contributed by atoms with van der Waals surface area (Å²) in [4.78, 5) is 2.58. The van der Waals surface area contributed by atoms with Gasteiger partial charge in [-0.2, -0.15) is 0 Å². The fourth-order valence-electron chi connectivity index (χ4n) is 11.5. The van der Waals surface area contributed by atoms with Crippen LogP contribution in [0, 0.1) is 0 Å². The summed E-state index contributed by atoms with van der Waals surface area (Å²) in [5.41, 5.74) is 16.7. The van der Waals surface area contributed by atoms with E-state index in [9.17, 15) is 0 Å². The van der Waals surface area contributed by atoms with Gasteiger partial charge in [-0.15, -0.1) is 0 Å². The highest BCUT2D eigenvalue weighted by Crippen LogP contribution is 2.61. The highest BCUT2D eigenvalue weighted by atomic mass is 15.1. The van der Waals surface area contributed by atoms with Crippen LogP contribution in [0.2, 0.25) is 0 Å². The van der Waals surface area contributed by atoms with Crippen molar-refractivity contribution in [3.63, 3.8) is 0 Å². The summed E-state index contributed by atoms with van der Waals surface area (Å²) in [5.74, 6) is 0. The fourth-order valence-corrected chi connectivity index (χ4v) is 11.5. The third-order valence-corrected chi connectivity index (χ3v) is 13.9. The van der Waals surface area contributed by atoms with Gasteiger partial charge in [0, 0.05) is 22.4 Å². The zero-order valence-electron chi connectivity index (χ0n) is 32.5. The third kappa shape index (κ3) is 4.65. The van der Waals surface area contributed by atoms with Crippen LogP contribution in [0.5, 0.6) is 0 Å². The molecule has 58 heavy (non-hydrogen) atoms. The molecule has 0 atom stereocenters. The van der Waals surface area contributed by atoms with Crippen molar-refractivity contribution in [1.29, 1.82) is 0 Å². The highest BCUT2D eigenvalue weighted by molar-refractivity contribution is 6.09. The van der Waals surface area contributed by atoms with E-state index in [0.29, 0.717) is 0 Å². The molecular formula is C57H43N. The molecule has 0 aliphatic heterocycles. The number of benzene rings is 9. The summed E-state index contributed by atoms with van der Waals surface area (Å²) in [6, 6.07) is 75.7. The Bertz CT molecular complexity index is 3000. The quantitative estimate of drug-likeness (QED) is 0.159. The van der Waals surface area contributed by atoms with Crippen molar-refractivity contribution in [2.24, 2.45) is 0 Å².